The van der Waals surface area contributed by atoms with Gasteiger partial charge >= 0.3 is 5.97 Å². The molecule has 5 aliphatic rings. The number of hydrogen-bond donors (Lipinski definition) is 2. The van der Waals surface area contributed by atoms with Crippen LogP contribution >= 0.6 is 12.6 Å². The smallest absolute Gasteiger partial charge is 0.310 e. The van der Waals surface area contributed by atoms with Gasteiger partial charge in [-0.15, -0.1) is 12.6 Å². The zero-order valence-corrected chi connectivity index (χ0v) is 21.2. The largest absolute Gasteiger partial charge is 0.449 e. The molecule has 0 aromatic heterocycles. The Labute approximate surface area is 212 Å². The SMILES string of the molecule is CC1C[C@H]2[C@@H]3CC(F)C4=CC(=O)C=C[C@]4(C)C3(F)C(O)C[C@]2(C)C1(OC(=O)C1CC(F)(F)C1)C(=O)S. The Morgan fingerprint density at radius 1 is 1.11 bits per heavy atom. The lowest BCUT2D eigenvalue weighted by molar-refractivity contribution is -0.233. The van der Waals surface area contributed by atoms with Crippen LogP contribution in [-0.4, -0.2) is 51.4 Å². The minimum absolute atomic E-state index is 0.0173. The van der Waals surface area contributed by atoms with Crippen molar-refractivity contribution in [1.82, 2.24) is 0 Å². The second-order valence-electron chi connectivity index (χ2n) is 11.9. The maximum absolute atomic E-state index is 17.2. The quantitative estimate of drug-likeness (QED) is 0.323. The second kappa shape index (κ2) is 7.68. The van der Waals surface area contributed by atoms with E-state index in [2.05, 4.69) is 12.6 Å². The Morgan fingerprint density at radius 3 is 2.33 bits per heavy atom. The molecule has 0 saturated heterocycles. The Balaban J connectivity index is 1.57. The highest BCUT2D eigenvalue weighted by atomic mass is 32.1. The van der Waals surface area contributed by atoms with Gasteiger partial charge in [0.2, 0.25) is 11.0 Å². The van der Waals surface area contributed by atoms with Crippen molar-refractivity contribution in [3.63, 3.8) is 0 Å². The number of carbonyl (C=O) groups excluding carboxylic acids is 3. The molecule has 0 heterocycles. The molecular formula is C26H30F4O5S. The van der Waals surface area contributed by atoms with Crippen LogP contribution in [0.15, 0.2) is 23.8 Å². The predicted molar refractivity (Wildman–Crippen MR) is 124 cm³/mol. The lowest BCUT2D eigenvalue weighted by Gasteiger charge is -2.63. The maximum Gasteiger partial charge on any atom is 0.310 e. The number of esters is 1. The van der Waals surface area contributed by atoms with Crippen molar-refractivity contribution >= 4 is 29.5 Å². The minimum Gasteiger partial charge on any atom is -0.449 e. The van der Waals surface area contributed by atoms with Crippen molar-refractivity contribution in [3.05, 3.63) is 23.8 Å². The summed E-state index contributed by atoms with van der Waals surface area (Å²) in [7, 11) is 0. The standard InChI is InChI=1S/C26H30F4O5S/c1-12-6-15-16-8-18(27)17-7-14(31)4-5-22(17,2)25(16,30)19(32)11-23(15,3)26(12,21(34)36)35-20(33)13-9-24(28,29)10-13/h4-5,7,12-13,15-16,18-19,32H,6,8-11H2,1-3H3,(H,34,36)/t12?,15-,16-,18?,19?,22-,23-,25?,26?/m0/s1. The molecule has 198 valence electrons. The van der Waals surface area contributed by atoms with Gasteiger partial charge in [-0.25, -0.2) is 17.6 Å². The number of halogens is 4. The van der Waals surface area contributed by atoms with Crippen LogP contribution in [0.2, 0.25) is 0 Å². The third-order valence-corrected chi connectivity index (χ3v) is 10.5. The first kappa shape index (κ1) is 25.9. The fourth-order valence-corrected chi connectivity index (χ4v) is 8.83. The van der Waals surface area contributed by atoms with Crippen LogP contribution in [-0.2, 0) is 19.1 Å². The molecule has 5 aliphatic carbocycles. The molecular weight excluding hydrogens is 500 g/mol. The van der Waals surface area contributed by atoms with Gasteiger partial charge in [-0.05, 0) is 49.8 Å². The summed E-state index contributed by atoms with van der Waals surface area (Å²) >= 11 is 4.05. The van der Waals surface area contributed by atoms with Crippen LogP contribution < -0.4 is 0 Å². The highest BCUT2D eigenvalue weighted by Crippen LogP contribution is 2.72. The Hall–Kier alpha value is -1.68. The summed E-state index contributed by atoms with van der Waals surface area (Å²) in [6, 6.07) is 0. The van der Waals surface area contributed by atoms with E-state index in [4.69, 9.17) is 4.74 Å². The first-order valence-corrected chi connectivity index (χ1v) is 12.8. The Morgan fingerprint density at radius 2 is 1.75 bits per heavy atom. The van der Waals surface area contributed by atoms with Gasteiger partial charge in [0, 0.05) is 35.5 Å². The van der Waals surface area contributed by atoms with Crippen LogP contribution in [0.25, 0.3) is 0 Å². The van der Waals surface area contributed by atoms with E-state index in [9.17, 15) is 28.3 Å². The predicted octanol–water partition coefficient (Wildman–Crippen LogP) is 4.33. The molecule has 9 atom stereocenters. The minimum atomic E-state index is -2.97. The van der Waals surface area contributed by atoms with Crippen LogP contribution in [0.3, 0.4) is 0 Å². The monoisotopic (exact) mass is 530 g/mol. The third kappa shape index (κ3) is 3.03. The third-order valence-electron chi connectivity index (χ3n) is 10.2. The lowest BCUT2D eigenvalue weighted by Crippen LogP contribution is -2.70. The summed E-state index contributed by atoms with van der Waals surface area (Å²) in [5.74, 6) is -7.87. The topological polar surface area (TPSA) is 80.7 Å². The first-order valence-electron chi connectivity index (χ1n) is 12.3. The fraction of sp³-hybridized carbons (Fsp3) is 0.731. The Bertz CT molecular complexity index is 1100. The zero-order chi connectivity index (χ0) is 26.6. The van der Waals surface area contributed by atoms with Gasteiger partial charge in [0.05, 0.1) is 12.0 Å². The van der Waals surface area contributed by atoms with Crippen LogP contribution in [0.4, 0.5) is 17.6 Å². The number of allylic oxidation sites excluding steroid dienone is 4. The number of thiol groups is 1. The van der Waals surface area contributed by atoms with Crippen molar-refractivity contribution in [2.24, 2.45) is 34.5 Å². The molecule has 1 N–H and O–H groups in total. The molecule has 10 heteroatoms. The maximum atomic E-state index is 17.2. The van der Waals surface area contributed by atoms with E-state index in [0.717, 1.165) is 6.08 Å². The number of ketones is 1. The summed E-state index contributed by atoms with van der Waals surface area (Å²) in [4.78, 5) is 38.0. The average molecular weight is 531 g/mol. The normalized spacial score (nSPS) is 49.3. The van der Waals surface area contributed by atoms with Crippen LogP contribution in [0.5, 0.6) is 0 Å². The van der Waals surface area contributed by atoms with E-state index in [-0.39, 0.29) is 24.8 Å². The van der Waals surface area contributed by atoms with Crippen molar-refractivity contribution in [3.8, 4) is 0 Å². The number of carbonyl (C=O) groups is 3. The van der Waals surface area contributed by atoms with E-state index in [1.54, 1.807) is 13.8 Å². The van der Waals surface area contributed by atoms with Gasteiger partial charge in [0.15, 0.2) is 17.1 Å². The number of alkyl halides is 4. The van der Waals surface area contributed by atoms with Crippen molar-refractivity contribution in [2.45, 2.75) is 82.3 Å². The summed E-state index contributed by atoms with van der Waals surface area (Å²) in [6.45, 7) is 4.73. The van der Waals surface area contributed by atoms with Gasteiger partial charge < -0.3 is 9.84 Å². The molecule has 0 radical (unpaired) electrons. The molecule has 5 unspecified atom stereocenters. The molecule has 5 nitrogen and oxygen atoms in total. The first-order chi connectivity index (χ1) is 16.5. The second-order valence-corrected chi connectivity index (χ2v) is 12.3. The highest BCUT2D eigenvalue weighted by molar-refractivity contribution is 7.96. The van der Waals surface area contributed by atoms with Crippen molar-refractivity contribution in [1.29, 1.82) is 0 Å². The lowest BCUT2D eigenvalue weighted by atomic mass is 9.44. The summed E-state index contributed by atoms with van der Waals surface area (Å²) in [5, 5.41) is 10.6. The van der Waals surface area contributed by atoms with Gasteiger partial charge in [0.25, 0.3) is 0 Å². The van der Waals surface area contributed by atoms with Gasteiger partial charge in [0.1, 0.15) is 6.17 Å². The van der Waals surface area contributed by atoms with E-state index in [1.165, 1.54) is 19.1 Å². The highest BCUT2D eigenvalue weighted by Gasteiger charge is 2.78. The van der Waals surface area contributed by atoms with E-state index < -0.39 is 93.7 Å². The van der Waals surface area contributed by atoms with Crippen LogP contribution in [0.1, 0.15) is 52.9 Å². The van der Waals surface area contributed by atoms with E-state index >= 15 is 8.78 Å². The number of aliphatic hydroxyl groups excluding tert-OH is 1. The molecule has 0 bridgehead atoms. The van der Waals surface area contributed by atoms with Crippen molar-refractivity contribution < 1.29 is 41.8 Å². The molecule has 0 aliphatic heterocycles. The van der Waals surface area contributed by atoms with Crippen LogP contribution in [0, 0.1) is 34.5 Å². The average Bonchev–Trinajstić information content (AvgIpc) is 2.97. The molecule has 4 saturated carbocycles. The molecule has 36 heavy (non-hydrogen) atoms. The van der Waals surface area contributed by atoms with Gasteiger partial charge in [-0.2, -0.15) is 0 Å². The number of rotatable bonds is 3. The zero-order valence-electron chi connectivity index (χ0n) is 20.3. The molecule has 0 aromatic rings. The molecule has 5 rings (SSSR count). The van der Waals surface area contributed by atoms with E-state index in [1.807, 2.05) is 0 Å². The number of aliphatic hydroxyl groups is 1. The number of ether oxygens (including phenoxy) is 1. The van der Waals surface area contributed by atoms with Gasteiger partial charge in [-0.3, -0.25) is 14.4 Å². The summed E-state index contributed by atoms with van der Waals surface area (Å²) in [6.07, 6.45) is -1.54. The molecule has 4 fully saturated rings. The number of fused-ring (bicyclic) bond motifs is 5. The summed E-state index contributed by atoms with van der Waals surface area (Å²) < 4.78 is 65.4. The van der Waals surface area contributed by atoms with Gasteiger partial charge in [-0.1, -0.05) is 19.9 Å². The van der Waals surface area contributed by atoms with Crippen molar-refractivity contribution in [2.75, 3.05) is 0 Å². The Kier molecular flexibility index (Phi) is 5.54. The fourth-order valence-electron chi connectivity index (χ4n) is 8.31. The molecule has 0 amide bonds. The molecule has 0 spiro atoms. The molecule has 0 aromatic carbocycles. The van der Waals surface area contributed by atoms with E-state index in [0.29, 0.717) is 0 Å². The summed E-state index contributed by atoms with van der Waals surface area (Å²) in [5.41, 5.74) is -7.17. The number of hydrogen-bond acceptors (Lipinski definition) is 5.